The second-order valence-electron chi connectivity index (χ2n) is 10.2. The van der Waals surface area contributed by atoms with E-state index in [0.717, 1.165) is 32.1 Å². The number of carbonyl (C=O) groups excluding carboxylic acids is 2. The molecule has 2 aromatic heterocycles. The van der Waals surface area contributed by atoms with Crippen LogP contribution in [0.4, 0.5) is 4.79 Å². The number of rotatable bonds is 13. The molecule has 0 saturated heterocycles. The number of alkyl carbamates (subject to hydrolysis) is 1. The van der Waals surface area contributed by atoms with Crippen molar-refractivity contribution in [3.05, 3.63) is 27.2 Å². The first-order valence-electron chi connectivity index (χ1n) is 12.7. The molecule has 0 aliphatic carbocycles. The molecule has 0 aliphatic heterocycles. The molecule has 2 heterocycles. The van der Waals surface area contributed by atoms with E-state index in [1.54, 1.807) is 22.5 Å². The summed E-state index contributed by atoms with van der Waals surface area (Å²) in [7, 11) is 1.74. The Balaban J connectivity index is 1.94. The van der Waals surface area contributed by atoms with Crippen LogP contribution in [0.5, 0.6) is 0 Å². The first kappa shape index (κ1) is 29.1. The molecule has 0 aromatic carbocycles. The fraction of sp³-hybridized carbons (Fsp3) is 0.720. The summed E-state index contributed by atoms with van der Waals surface area (Å²) < 4.78 is 14.9. The quantitative estimate of drug-likeness (QED) is 0.326. The minimum Gasteiger partial charge on any atom is -0.463 e. The third kappa shape index (κ3) is 8.83. The summed E-state index contributed by atoms with van der Waals surface area (Å²) >= 11 is 0. The predicted octanol–water partition coefficient (Wildman–Crippen LogP) is 3.10. The van der Waals surface area contributed by atoms with Crippen LogP contribution in [0.25, 0.3) is 11.2 Å². The van der Waals surface area contributed by atoms with Crippen molar-refractivity contribution in [1.82, 2.24) is 24.0 Å². The van der Waals surface area contributed by atoms with Gasteiger partial charge in [0.25, 0.3) is 5.56 Å². The number of esters is 1. The fourth-order valence-corrected chi connectivity index (χ4v) is 4.01. The molecule has 0 fully saturated rings. The van der Waals surface area contributed by atoms with E-state index in [2.05, 4.69) is 10.3 Å². The van der Waals surface area contributed by atoms with Gasteiger partial charge in [-0.2, -0.15) is 0 Å². The summed E-state index contributed by atoms with van der Waals surface area (Å²) in [6, 6.07) is 0. The van der Waals surface area contributed by atoms with Gasteiger partial charge >= 0.3 is 17.8 Å². The molecule has 0 saturated carbocycles. The maximum absolute atomic E-state index is 13.2. The molecule has 1 atom stereocenters. The number of unbranched alkanes of at least 4 members (excludes halogenated alkanes) is 4. The number of ether oxygens (including phenoxy) is 2. The zero-order valence-corrected chi connectivity index (χ0v) is 22.5. The Labute approximate surface area is 211 Å². The average Bonchev–Trinajstić information content (AvgIpc) is 3.14. The monoisotopic (exact) mass is 507 g/mol. The van der Waals surface area contributed by atoms with Crippen molar-refractivity contribution < 1.29 is 19.1 Å². The minimum atomic E-state index is -0.521. The lowest BCUT2D eigenvalue weighted by atomic mass is 10.1. The van der Waals surface area contributed by atoms with Crippen LogP contribution in [-0.2, 0) is 34.4 Å². The van der Waals surface area contributed by atoms with Crippen molar-refractivity contribution in [2.24, 2.45) is 7.05 Å². The molecule has 0 bridgehead atoms. The van der Waals surface area contributed by atoms with E-state index < -0.39 is 11.7 Å². The zero-order valence-electron chi connectivity index (χ0n) is 22.5. The van der Waals surface area contributed by atoms with Gasteiger partial charge in [-0.05, 0) is 59.8 Å². The normalized spacial score (nSPS) is 12.5. The summed E-state index contributed by atoms with van der Waals surface area (Å²) in [5, 5.41) is 2.75. The maximum atomic E-state index is 13.2. The highest BCUT2D eigenvalue weighted by Gasteiger charge is 2.17. The highest BCUT2D eigenvalue weighted by Crippen LogP contribution is 2.10. The lowest BCUT2D eigenvalue weighted by Crippen LogP contribution is -2.40. The molecule has 2 aromatic rings. The number of hydrogen-bond acceptors (Lipinski definition) is 7. The Kier molecular flexibility index (Phi) is 10.7. The van der Waals surface area contributed by atoms with Crippen molar-refractivity contribution in [1.29, 1.82) is 0 Å². The van der Waals surface area contributed by atoms with Crippen LogP contribution in [0.2, 0.25) is 0 Å². The van der Waals surface area contributed by atoms with Crippen LogP contribution < -0.4 is 16.6 Å². The van der Waals surface area contributed by atoms with Gasteiger partial charge in [-0.3, -0.25) is 18.7 Å². The molecule has 1 unspecified atom stereocenters. The molecule has 2 rings (SSSR count). The topological polar surface area (TPSA) is 126 Å². The number of carbonyl (C=O) groups is 2. The van der Waals surface area contributed by atoms with Crippen molar-refractivity contribution in [3.8, 4) is 0 Å². The Morgan fingerprint density at radius 2 is 1.67 bits per heavy atom. The molecule has 1 N–H and O–H groups in total. The molecule has 0 spiro atoms. The van der Waals surface area contributed by atoms with Crippen molar-refractivity contribution in [3.63, 3.8) is 0 Å². The van der Waals surface area contributed by atoms with Gasteiger partial charge in [-0.25, -0.2) is 14.6 Å². The molecule has 0 radical (unpaired) electrons. The molecular formula is C25H41N5O6. The Morgan fingerprint density at radius 1 is 1.03 bits per heavy atom. The van der Waals surface area contributed by atoms with Crippen molar-refractivity contribution in [2.75, 3.05) is 6.54 Å². The van der Waals surface area contributed by atoms with Gasteiger partial charge in [0.05, 0.1) is 12.4 Å². The lowest BCUT2D eigenvalue weighted by molar-refractivity contribution is -0.145. The van der Waals surface area contributed by atoms with Crippen LogP contribution in [0.1, 0.15) is 79.6 Å². The summed E-state index contributed by atoms with van der Waals surface area (Å²) in [5.74, 6) is -0.317. The standard InChI is InChI=1S/C25H41N5O6/c1-18(35-19(2)31)13-9-12-16-30-22(32)20-21(27-17-28(20)6)29(24(30)34)15-11-8-7-10-14-26-23(33)36-25(3,4)5/h17-18H,7-16H2,1-6H3,(H,26,33). The number of nitrogens with zero attached hydrogens (tertiary/aromatic N) is 4. The third-order valence-corrected chi connectivity index (χ3v) is 5.67. The zero-order chi connectivity index (χ0) is 26.9. The first-order chi connectivity index (χ1) is 16.9. The Morgan fingerprint density at radius 3 is 2.33 bits per heavy atom. The SMILES string of the molecule is CC(=O)OC(C)CCCCn1c(=O)c2c(ncn2C)n(CCCCCCNC(=O)OC(C)(C)C)c1=O. The van der Waals surface area contributed by atoms with E-state index in [1.807, 2.05) is 27.7 Å². The Hall–Kier alpha value is -3.11. The smallest absolute Gasteiger partial charge is 0.407 e. The minimum absolute atomic E-state index is 0.199. The number of hydrogen-bond donors (Lipinski definition) is 1. The van der Waals surface area contributed by atoms with Gasteiger partial charge in [-0.15, -0.1) is 0 Å². The molecule has 36 heavy (non-hydrogen) atoms. The van der Waals surface area contributed by atoms with Gasteiger partial charge in [-0.1, -0.05) is 12.8 Å². The van der Waals surface area contributed by atoms with Crippen molar-refractivity contribution >= 4 is 23.2 Å². The molecule has 11 heteroatoms. The average molecular weight is 508 g/mol. The van der Waals surface area contributed by atoms with E-state index in [0.29, 0.717) is 43.6 Å². The molecule has 11 nitrogen and oxygen atoms in total. The van der Waals surface area contributed by atoms with E-state index in [1.165, 1.54) is 11.5 Å². The van der Waals surface area contributed by atoms with E-state index in [4.69, 9.17) is 9.47 Å². The number of nitrogens with one attached hydrogen (secondary N) is 1. The second-order valence-corrected chi connectivity index (χ2v) is 10.2. The summed E-state index contributed by atoms with van der Waals surface area (Å²) in [4.78, 5) is 53.3. The maximum Gasteiger partial charge on any atom is 0.407 e. The van der Waals surface area contributed by atoms with Gasteiger partial charge in [0, 0.05) is 33.6 Å². The number of aryl methyl sites for hydroxylation is 2. The van der Waals surface area contributed by atoms with Gasteiger partial charge in [0.15, 0.2) is 11.2 Å². The first-order valence-corrected chi connectivity index (χ1v) is 12.7. The van der Waals surface area contributed by atoms with Crippen LogP contribution in [0.15, 0.2) is 15.9 Å². The highest BCUT2D eigenvalue weighted by atomic mass is 16.6. The lowest BCUT2D eigenvalue weighted by Gasteiger charge is -2.19. The van der Waals surface area contributed by atoms with E-state index in [9.17, 15) is 19.2 Å². The van der Waals surface area contributed by atoms with Crippen molar-refractivity contribution in [2.45, 2.75) is 104 Å². The molecule has 1 amide bonds. The summed E-state index contributed by atoms with van der Waals surface area (Å²) in [5.41, 5.74) is -0.408. The van der Waals surface area contributed by atoms with Gasteiger partial charge in [0.1, 0.15) is 5.60 Å². The fourth-order valence-electron chi connectivity index (χ4n) is 4.01. The summed E-state index contributed by atoms with van der Waals surface area (Å²) in [6.07, 6.45) is 6.24. The molecular weight excluding hydrogens is 466 g/mol. The van der Waals surface area contributed by atoms with Crippen LogP contribution in [-0.4, -0.2) is 49.0 Å². The van der Waals surface area contributed by atoms with Crippen LogP contribution >= 0.6 is 0 Å². The van der Waals surface area contributed by atoms with Crippen LogP contribution in [0, 0.1) is 0 Å². The third-order valence-electron chi connectivity index (χ3n) is 5.67. The van der Waals surface area contributed by atoms with Gasteiger partial charge in [0.2, 0.25) is 0 Å². The largest absolute Gasteiger partial charge is 0.463 e. The molecule has 0 aliphatic rings. The van der Waals surface area contributed by atoms with Gasteiger partial charge < -0.3 is 19.4 Å². The number of fused-ring (bicyclic) bond motifs is 1. The predicted molar refractivity (Wildman–Crippen MR) is 137 cm³/mol. The number of aromatic nitrogens is 4. The Bertz CT molecular complexity index is 1140. The number of imidazole rings is 1. The molecule has 202 valence electrons. The van der Waals surface area contributed by atoms with Crippen LogP contribution in [0.3, 0.4) is 0 Å². The second kappa shape index (κ2) is 13.3. The number of amides is 1. The highest BCUT2D eigenvalue weighted by molar-refractivity contribution is 5.70. The summed E-state index contributed by atoms with van der Waals surface area (Å²) in [6.45, 7) is 9.95. The van der Waals surface area contributed by atoms with E-state index >= 15 is 0 Å². The van der Waals surface area contributed by atoms with E-state index in [-0.39, 0.29) is 23.3 Å².